The highest BCUT2D eigenvalue weighted by Gasteiger charge is 2.17. The number of nitrogens with zero attached hydrogens (tertiary/aromatic N) is 3. The van der Waals surface area contributed by atoms with Crippen molar-refractivity contribution in [1.82, 2.24) is 14.7 Å². The maximum Gasteiger partial charge on any atom is 0.246 e. The molecular formula is C15H18BrN3OS. The molecule has 112 valence electrons. The van der Waals surface area contributed by atoms with Gasteiger partial charge in [0.2, 0.25) is 5.91 Å². The highest BCUT2D eigenvalue weighted by atomic mass is 79.9. The van der Waals surface area contributed by atoms with Gasteiger partial charge in [0.05, 0.1) is 6.54 Å². The molecule has 1 unspecified atom stereocenters. The van der Waals surface area contributed by atoms with E-state index in [0.29, 0.717) is 19.0 Å². The summed E-state index contributed by atoms with van der Waals surface area (Å²) in [5.41, 5.74) is 0. The van der Waals surface area contributed by atoms with E-state index >= 15 is 0 Å². The first-order chi connectivity index (χ1) is 10.1. The molecule has 21 heavy (non-hydrogen) atoms. The molecule has 0 N–H and O–H groups in total. The van der Waals surface area contributed by atoms with Gasteiger partial charge in [0.25, 0.3) is 0 Å². The molecule has 2 aromatic heterocycles. The lowest BCUT2D eigenvalue weighted by atomic mass is 10.1. The van der Waals surface area contributed by atoms with Crippen molar-refractivity contribution in [2.45, 2.75) is 20.0 Å². The Balaban J connectivity index is 2.00. The van der Waals surface area contributed by atoms with Crippen LogP contribution in [0, 0.1) is 5.92 Å². The van der Waals surface area contributed by atoms with Crippen molar-refractivity contribution in [3.63, 3.8) is 0 Å². The molecule has 0 bridgehead atoms. The maximum absolute atomic E-state index is 12.1. The van der Waals surface area contributed by atoms with Crippen LogP contribution in [0.5, 0.6) is 0 Å². The number of hydrogen-bond donors (Lipinski definition) is 0. The van der Waals surface area contributed by atoms with Gasteiger partial charge in [0, 0.05) is 34.8 Å². The van der Waals surface area contributed by atoms with E-state index in [0.717, 1.165) is 15.9 Å². The van der Waals surface area contributed by atoms with Crippen molar-refractivity contribution >= 4 is 33.2 Å². The second-order valence-electron chi connectivity index (χ2n) is 4.95. The molecule has 0 spiro atoms. The maximum atomic E-state index is 12.1. The predicted molar refractivity (Wildman–Crippen MR) is 89.0 cm³/mol. The van der Waals surface area contributed by atoms with E-state index in [1.165, 1.54) is 6.08 Å². The number of carbonyl (C=O) groups excluding carboxylic acids is 1. The van der Waals surface area contributed by atoms with Gasteiger partial charge in [-0.15, -0.1) is 11.3 Å². The Morgan fingerprint density at radius 1 is 1.67 bits per heavy atom. The Morgan fingerprint density at radius 3 is 3.05 bits per heavy atom. The fourth-order valence-electron chi connectivity index (χ4n) is 2.13. The lowest BCUT2D eigenvalue weighted by Crippen LogP contribution is -2.34. The van der Waals surface area contributed by atoms with Crippen molar-refractivity contribution in [3.8, 4) is 0 Å². The molecule has 0 saturated heterocycles. The average molecular weight is 368 g/mol. The number of halogens is 1. The molecule has 4 nitrogen and oxygen atoms in total. The molecule has 0 radical (unpaired) electrons. The van der Waals surface area contributed by atoms with E-state index in [1.54, 1.807) is 17.5 Å². The van der Waals surface area contributed by atoms with Crippen LogP contribution >= 0.6 is 27.3 Å². The predicted octanol–water partition coefficient (Wildman–Crippen LogP) is 3.56. The first kappa shape index (κ1) is 16.0. The van der Waals surface area contributed by atoms with Crippen LogP contribution < -0.4 is 0 Å². The zero-order valence-corrected chi connectivity index (χ0v) is 14.3. The van der Waals surface area contributed by atoms with Gasteiger partial charge in [-0.2, -0.15) is 5.10 Å². The van der Waals surface area contributed by atoms with E-state index in [9.17, 15) is 4.79 Å². The second-order valence-corrected chi connectivity index (χ2v) is 6.80. The summed E-state index contributed by atoms with van der Waals surface area (Å²) in [5, 5.41) is 6.22. The summed E-state index contributed by atoms with van der Waals surface area (Å²) in [5.74, 6) is 0.273. The van der Waals surface area contributed by atoms with E-state index in [4.69, 9.17) is 0 Å². The molecule has 0 aliphatic heterocycles. The summed E-state index contributed by atoms with van der Waals surface area (Å²) in [6.45, 7) is 7.79. The van der Waals surface area contributed by atoms with Crippen LogP contribution in [0.1, 0.15) is 11.8 Å². The third-order valence-corrected chi connectivity index (χ3v) is 5.01. The topological polar surface area (TPSA) is 38.1 Å². The molecule has 6 heteroatoms. The van der Waals surface area contributed by atoms with E-state index in [2.05, 4.69) is 34.5 Å². The molecule has 2 aromatic rings. The van der Waals surface area contributed by atoms with E-state index < -0.39 is 0 Å². The second kappa shape index (κ2) is 7.56. The van der Waals surface area contributed by atoms with Crippen molar-refractivity contribution in [3.05, 3.63) is 51.9 Å². The average Bonchev–Trinajstić information content (AvgIpc) is 3.10. The van der Waals surface area contributed by atoms with Crippen LogP contribution in [0.2, 0.25) is 0 Å². The minimum absolute atomic E-state index is 0.0392. The van der Waals surface area contributed by atoms with Gasteiger partial charge in [0.1, 0.15) is 0 Å². The Labute approximate surface area is 137 Å². The van der Waals surface area contributed by atoms with Crippen molar-refractivity contribution in [2.75, 3.05) is 6.54 Å². The van der Waals surface area contributed by atoms with Gasteiger partial charge in [-0.05, 0) is 45.4 Å². The Bertz CT molecular complexity index is 594. The summed E-state index contributed by atoms with van der Waals surface area (Å²) in [7, 11) is 0. The van der Waals surface area contributed by atoms with E-state index in [1.807, 2.05) is 33.3 Å². The van der Waals surface area contributed by atoms with Crippen LogP contribution in [0.15, 0.2) is 47.0 Å². The van der Waals surface area contributed by atoms with Crippen molar-refractivity contribution in [2.24, 2.45) is 5.92 Å². The van der Waals surface area contributed by atoms with Crippen LogP contribution in [-0.4, -0.2) is 27.1 Å². The summed E-state index contributed by atoms with van der Waals surface area (Å²) < 4.78 is 2.94. The fraction of sp³-hybridized carbons (Fsp3) is 0.333. The van der Waals surface area contributed by atoms with Crippen molar-refractivity contribution in [1.29, 1.82) is 0 Å². The third-order valence-electron chi connectivity index (χ3n) is 3.10. The Kier molecular flexibility index (Phi) is 5.76. The number of rotatable bonds is 7. The number of thiophene rings is 1. The quantitative estimate of drug-likeness (QED) is 0.701. The highest BCUT2D eigenvalue weighted by Crippen LogP contribution is 2.24. The molecule has 0 saturated carbocycles. The summed E-state index contributed by atoms with van der Waals surface area (Å²) in [6, 6.07) is 3.91. The summed E-state index contributed by atoms with van der Waals surface area (Å²) >= 11 is 5.16. The molecule has 0 aliphatic rings. The molecule has 2 rings (SSSR count). The number of carbonyl (C=O) groups is 1. The Morgan fingerprint density at radius 2 is 2.48 bits per heavy atom. The molecule has 2 heterocycles. The standard InChI is InChI=1S/C15H18BrN3OS/c1-3-15(20)18(11-14-13(16)5-8-21-14)9-12(2)10-19-7-4-6-17-19/h3-8,12H,1,9-11H2,2H3. The van der Waals surface area contributed by atoms with Crippen LogP contribution in [0.3, 0.4) is 0 Å². The Hall–Kier alpha value is -1.40. The summed E-state index contributed by atoms with van der Waals surface area (Å²) in [6.07, 6.45) is 5.08. The van der Waals surface area contributed by atoms with Gasteiger partial charge < -0.3 is 4.90 Å². The first-order valence-electron chi connectivity index (χ1n) is 6.70. The molecule has 1 atom stereocenters. The molecule has 0 aromatic carbocycles. The number of hydrogen-bond acceptors (Lipinski definition) is 3. The van der Waals surface area contributed by atoms with E-state index in [-0.39, 0.29) is 5.91 Å². The third kappa shape index (κ3) is 4.54. The SMILES string of the molecule is C=CC(=O)N(Cc1sccc1Br)CC(C)Cn1cccn1. The smallest absolute Gasteiger partial charge is 0.246 e. The minimum atomic E-state index is -0.0392. The highest BCUT2D eigenvalue weighted by molar-refractivity contribution is 9.10. The normalized spacial score (nSPS) is 12.1. The van der Waals surface area contributed by atoms with Gasteiger partial charge in [-0.1, -0.05) is 13.5 Å². The lowest BCUT2D eigenvalue weighted by molar-refractivity contribution is -0.127. The largest absolute Gasteiger partial charge is 0.334 e. The summed E-state index contributed by atoms with van der Waals surface area (Å²) in [4.78, 5) is 15.0. The minimum Gasteiger partial charge on any atom is -0.334 e. The van der Waals surface area contributed by atoms with Crippen molar-refractivity contribution < 1.29 is 4.79 Å². The number of aromatic nitrogens is 2. The first-order valence-corrected chi connectivity index (χ1v) is 8.38. The zero-order valence-electron chi connectivity index (χ0n) is 11.9. The molecule has 1 amide bonds. The fourth-order valence-corrected chi connectivity index (χ4v) is 3.63. The monoisotopic (exact) mass is 367 g/mol. The molecule has 0 aliphatic carbocycles. The van der Waals surface area contributed by atoms with Gasteiger partial charge in [-0.25, -0.2) is 0 Å². The van der Waals surface area contributed by atoms with Crippen LogP contribution in [-0.2, 0) is 17.9 Å². The molecular weight excluding hydrogens is 350 g/mol. The van der Waals surface area contributed by atoms with Crippen LogP contribution in [0.25, 0.3) is 0 Å². The van der Waals surface area contributed by atoms with Gasteiger partial charge in [-0.3, -0.25) is 9.48 Å². The molecule has 0 fully saturated rings. The van der Waals surface area contributed by atoms with Gasteiger partial charge in [0.15, 0.2) is 0 Å². The number of amides is 1. The van der Waals surface area contributed by atoms with Gasteiger partial charge >= 0.3 is 0 Å². The lowest BCUT2D eigenvalue weighted by Gasteiger charge is -2.24. The zero-order chi connectivity index (χ0) is 15.2. The van der Waals surface area contributed by atoms with Crippen LogP contribution in [0.4, 0.5) is 0 Å².